The van der Waals surface area contributed by atoms with E-state index in [1.165, 1.54) is 0 Å². The summed E-state index contributed by atoms with van der Waals surface area (Å²) in [4.78, 5) is 16.7. The number of anilines is 1. The lowest BCUT2D eigenvalue weighted by molar-refractivity contribution is -0.116. The molecule has 0 bridgehead atoms. The van der Waals surface area contributed by atoms with Gasteiger partial charge in [0.1, 0.15) is 13.2 Å². The number of hydrogen-bond acceptors (Lipinski definition) is 6. The van der Waals surface area contributed by atoms with Crippen LogP contribution >= 0.6 is 27.5 Å². The number of aromatic nitrogens is 2. The van der Waals surface area contributed by atoms with E-state index in [4.69, 9.17) is 25.6 Å². The molecule has 9 heteroatoms. The fraction of sp³-hybridized carbons (Fsp3) is 0.250. The predicted molar refractivity (Wildman–Crippen MR) is 111 cm³/mol. The summed E-state index contributed by atoms with van der Waals surface area (Å²) in [7, 11) is 0. The maximum absolute atomic E-state index is 12.3. The molecular formula is C20H17BrClN3O4. The Labute approximate surface area is 180 Å². The van der Waals surface area contributed by atoms with Crippen molar-refractivity contribution in [3.63, 3.8) is 0 Å². The van der Waals surface area contributed by atoms with Crippen LogP contribution in [0.4, 0.5) is 5.69 Å². The van der Waals surface area contributed by atoms with E-state index >= 15 is 0 Å². The molecule has 0 radical (unpaired) electrons. The number of amides is 1. The number of fused-ring (bicyclic) bond motifs is 1. The Bertz CT molecular complexity index is 1020. The second kappa shape index (κ2) is 8.84. The Hall–Kier alpha value is -2.58. The Morgan fingerprint density at radius 3 is 2.62 bits per heavy atom. The van der Waals surface area contributed by atoms with Crippen LogP contribution in [0.1, 0.15) is 18.7 Å². The monoisotopic (exact) mass is 477 g/mol. The van der Waals surface area contributed by atoms with Crippen molar-refractivity contribution in [2.75, 3.05) is 18.5 Å². The van der Waals surface area contributed by atoms with E-state index in [2.05, 4.69) is 31.4 Å². The third-order valence-corrected chi connectivity index (χ3v) is 5.18. The van der Waals surface area contributed by atoms with Gasteiger partial charge >= 0.3 is 0 Å². The maximum Gasteiger partial charge on any atom is 0.226 e. The van der Waals surface area contributed by atoms with Crippen LogP contribution in [0.15, 0.2) is 45.4 Å². The number of rotatable bonds is 6. The fourth-order valence-electron chi connectivity index (χ4n) is 2.85. The molecule has 0 fully saturated rings. The molecule has 7 nitrogen and oxygen atoms in total. The molecule has 0 spiro atoms. The third-order valence-electron chi connectivity index (χ3n) is 4.27. The minimum atomic E-state index is -0.111. The van der Waals surface area contributed by atoms with Gasteiger partial charge in [0, 0.05) is 40.0 Å². The highest BCUT2D eigenvalue weighted by Crippen LogP contribution is 2.38. The Morgan fingerprint density at radius 1 is 1.14 bits per heavy atom. The van der Waals surface area contributed by atoms with E-state index in [1.807, 2.05) is 12.1 Å². The average molecular weight is 479 g/mol. The lowest BCUT2D eigenvalue weighted by Crippen LogP contribution is -2.17. The zero-order valence-electron chi connectivity index (χ0n) is 15.3. The van der Waals surface area contributed by atoms with Crippen molar-refractivity contribution in [3.8, 4) is 22.9 Å². The van der Waals surface area contributed by atoms with Gasteiger partial charge in [-0.3, -0.25) is 4.79 Å². The molecule has 0 unspecified atom stereocenters. The van der Waals surface area contributed by atoms with Gasteiger partial charge in [0.05, 0.1) is 5.69 Å². The lowest BCUT2D eigenvalue weighted by atomic mass is 10.2. The summed E-state index contributed by atoms with van der Waals surface area (Å²) in [6, 6.07) is 10.7. The number of carbonyl (C=O) groups is 1. The largest absolute Gasteiger partial charge is 0.486 e. The van der Waals surface area contributed by atoms with Crippen molar-refractivity contribution in [1.82, 2.24) is 10.1 Å². The van der Waals surface area contributed by atoms with Crippen molar-refractivity contribution >= 4 is 39.1 Å². The number of nitrogens with one attached hydrogen (secondary N) is 1. The molecule has 4 rings (SSSR count). The first kappa shape index (κ1) is 19.7. The van der Waals surface area contributed by atoms with Gasteiger partial charge in [-0.05, 0) is 46.6 Å². The molecular weight excluding hydrogens is 462 g/mol. The van der Waals surface area contributed by atoms with Crippen molar-refractivity contribution in [2.24, 2.45) is 0 Å². The Balaban J connectivity index is 1.30. The normalized spacial score (nSPS) is 12.6. The van der Waals surface area contributed by atoms with Crippen molar-refractivity contribution in [1.29, 1.82) is 0 Å². The Kier molecular flexibility index (Phi) is 6.01. The van der Waals surface area contributed by atoms with Crippen LogP contribution in [-0.2, 0) is 11.2 Å². The van der Waals surface area contributed by atoms with Gasteiger partial charge in [0.15, 0.2) is 11.5 Å². The number of halogens is 2. The molecule has 0 saturated heterocycles. The summed E-state index contributed by atoms with van der Waals surface area (Å²) < 4.78 is 17.1. The predicted octanol–water partition coefficient (Wildman–Crippen LogP) is 4.89. The first-order valence-corrected chi connectivity index (χ1v) is 10.2. The number of hydrogen-bond donors (Lipinski definition) is 1. The first-order valence-electron chi connectivity index (χ1n) is 9.06. The highest BCUT2D eigenvalue weighted by atomic mass is 79.9. The van der Waals surface area contributed by atoms with Crippen LogP contribution in [-0.4, -0.2) is 29.3 Å². The molecule has 150 valence electrons. The fourth-order valence-corrected chi connectivity index (χ4v) is 3.39. The second-order valence-corrected chi connectivity index (χ2v) is 7.69. The van der Waals surface area contributed by atoms with Crippen molar-refractivity contribution in [2.45, 2.75) is 19.3 Å². The summed E-state index contributed by atoms with van der Waals surface area (Å²) in [6.07, 6.45) is 1.41. The summed E-state index contributed by atoms with van der Waals surface area (Å²) >= 11 is 9.33. The molecule has 2 heterocycles. The number of ether oxygens (including phenoxy) is 2. The summed E-state index contributed by atoms with van der Waals surface area (Å²) in [5.41, 5.74) is 1.47. The number of carbonyl (C=O) groups excluding carboxylic acids is 1. The van der Waals surface area contributed by atoms with Gasteiger partial charge in [-0.1, -0.05) is 16.8 Å². The van der Waals surface area contributed by atoms with Gasteiger partial charge in [0.25, 0.3) is 0 Å². The summed E-state index contributed by atoms with van der Waals surface area (Å²) in [5.74, 6) is 2.16. The van der Waals surface area contributed by atoms with Crippen LogP contribution in [0.5, 0.6) is 11.5 Å². The number of aryl methyl sites for hydroxylation is 1. The van der Waals surface area contributed by atoms with Crippen molar-refractivity contribution in [3.05, 3.63) is 51.8 Å². The van der Waals surface area contributed by atoms with E-state index < -0.39 is 0 Å². The lowest BCUT2D eigenvalue weighted by Gasteiger charge is -2.20. The number of benzene rings is 2. The van der Waals surface area contributed by atoms with Crippen LogP contribution in [0.25, 0.3) is 11.4 Å². The first-order chi connectivity index (χ1) is 14.1. The number of nitrogens with zero attached hydrogens (tertiary/aromatic N) is 2. The minimum absolute atomic E-state index is 0.111. The molecule has 29 heavy (non-hydrogen) atoms. The van der Waals surface area contributed by atoms with Crippen LogP contribution in [0.2, 0.25) is 5.02 Å². The molecule has 0 saturated carbocycles. The second-order valence-electron chi connectivity index (χ2n) is 6.40. The zero-order valence-corrected chi connectivity index (χ0v) is 17.6. The highest BCUT2D eigenvalue weighted by molar-refractivity contribution is 9.10. The molecule has 1 aliphatic heterocycles. The summed E-state index contributed by atoms with van der Waals surface area (Å²) in [6.45, 7) is 1.00. The average Bonchev–Trinajstić information content (AvgIpc) is 3.18. The molecule has 2 aromatic carbocycles. The minimum Gasteiger partial charge on any atom is -0.486 e. The van der Waals surface area contributed by atoms with E-state index in [1.54, 1.807) is 24.3 Å². The topological polar surface area (TPSA) is 86.5 Å². The third kappa shape index (κ3) is 4.89. The van der Waals surface area contributed by atoms with Crippen molar-refractivity contribution < 1.29 is 18.8 Å². The molecule has 1 N–H and O–H groups in total. The quantitative estimate of drug-likeness (QED) is 0.543. The van der Waals surface area contributed by atoms with E-state index in [0.29, 0.717) is 66.4 Å². The zero-order chi connectivity index (χ0) is 20.2. The van der Waals surface area contributed by atoms with Gasteiger partial charge in [0.2, 0.25) is 17.6 Å². The molecule has 1 aromatic heterocycles. The highest BCUT2D eigenvalue weighted by Gasteiger charge is 2.16. The van der Waals surface area contributed by atoms with Crippen LogP contribution < -0.4 is 14.8 Å². The van der Waals surface area contributed by atoms with Crippen LogP contribution in [0.3, 0.4) is 0 Å². The molecule has 0 atom stereocenters. The molecule has 1 amide bonds. The SMILES string of the molecule is O=C(CCCc1nc(-c2ccc(Cl)cc2)no1)Nc1cc2c(cc1Br)OCCO2. The summed E-state index contributed by atoms with van der Waals surface area (Å²) in [5, 5.41) is 7.50. The standard InChI is InChI=1S/C20H17BrClN3O4/c21-14-10-16-17(28-9-8-27-16)11-15(14)23-18(26)2-1-3-19-24-20(25-29-19)12-4-6-13(22)7-5-12/h4-7,10-11H,1-3,8-9H2,(H,23,26). The van der Waals surface area contributed by atoms with Gasteiger partial charge < -0.3 is 19.3 Å². The Morgan fingerprint density at radius 2 is 1.86 bits per heavy atom. The van der Waals surface area contributed by atoms with Gasteiger partial charge in [-0.25, -0.2) is 0 Å². The van der Waals surface area contributed by atoms with Gasteiger partial charge in [-0.15, -0.1) is 0 Å². The maximum atomic E-state index is 12.3. The molecule has 0 aliphatic carbocycles. The van der Waals surface area contributed by atoms with E-state index in [0.717, 1.165) is 10.0 Å². The van der Waals surface area contributed by atoms with E-state index in [9.17, 15) is 4.79 Å². The smallest absolute Gasteiger partial charge is 0.226 e. The molecule has 3 aromatic rings. The van der Waals surface area contributed by atoms with Crippen LogP contribution in [0, 0.1) is 0 Å². The van der Waals surface area contributed by atoms with Gasteiger partial charge in [-0.2, -0.15) is 4.98 Å². The molecule has 1 aliphatic rings. The van der Waals surface area contributed by atoms with E-state index in [-0.39, 0.29) is 5.91 Å².